The van der Waals surface area contributed by atoms with E-state index in [-0.39, 0.29) is 5.76 Å². The minimum atomic E-state index is -0.545. The number of furan rings is 1. The first-order valence-electron chi connectivity index (χ1n) is 5.05. The maximum Gasteiger partial charge on any atom is 0.284 e. The van der Waals surface area contributed by atoms with Crippen LogP contribution < -0.4 is 5.73 Å². The first kappa shape index (κ1) is 10.5. The number of hydrogen-bond acceptors (Lipinski definition) is 2. The molecular weight excluding hydrogens is 202 g/mol. The molecule has 0 radical (unpaired) electrons. The maximum absolute atomic E-state index is 10.9. The Bertz CT molecular complexity index is 541. The van der Waals surface area contributed by atoms with Gasteiger partial charge in [0.2, 0.25) is 0 Å². The molecule has 0 saturated heterocycles. The van der Waals surface area contributed by atoms with Crippen LogP contribution in [-0.4, -0.2) is 5.91 Å². The SMILES string of the molecule is Cc1ccc(C)c(-c2ccc(C(N)=O)o2)c1. The van der Waals surface area contributed by atoms with Crippen LogP contribution in [0.2, 0.25) is 0 Å². The zero-order valence-corrected chi connectivity index (χ0v) is 9.28. The van der Waals surface area contributed by atoms with E-state index in [1.165, 1.54) is 0 Å². The van der Waals surface area contributed by atoms with Gasteiger partial charge >= 0.3 is 0 Å². The molecule has 0 bridgehead atoms. The molecule has 3 nitrogen and oxygen atoms in total. The van der Waals surface area contributed by atoms with Crippen molar-refractivity contribution in [3.05, 3.63) is 47.2 Å². The average molecular weight is 215 g/mol. The van der Waals surface area contributed by atoms with Crippen LogP contribution in [0.3, 0.4) is 0 Å². The summed E-state index contributed by atoms with van der Waals surface area (Å²) in [6.45, 7) is 4.02. The summed E-state index contributed by atoms with van der Waals surface area (Å²) in [5.74, 6) is 0.322. The molecule has 82 valence electrons. The van der Waals surface area contributed by atoms with Crippen molar-refractivity contribution >= 4 is 5.91 Å². The lowest BCUT2D eigenvalue weighted by Gasteiger charge is -2.03. The predicted octanol–water partition coefficient (Wildman–Crippen LogP) is 2.66. The number of carbonyl (C=O) groups excluding carboxylic acids is 1. The molecule has 0 fully saturated rings. The molecule has 1 aromatic heterocycles. The molecule has 0 spiro atoms. The molecule has 2 aromatic rings. The van der Waals surface area contributed by atoms with Gasteiger partial charge in [0.05, 0.1) is 0 Å². The molecule has 1 amide bonds. The number of nitrogens with two attached hydrogens (primary N) is 1. The molecule has 1 heterocycles. The van der Waals surface area contributed by atoms with Crippen LogP contribution in [0.4, 0.5) is 0 Å². The van der Waals surface area contributed by atoms with Gasteiger partial charge in [-0.1, -0.05) is 17.7 Å². The van der Waals surface area contributed by atoms with Crippen molar-refractivity contribution in [3.63, 3.8) is 0 Å². The fourth-order valence-corrected chi connectivity index (χ4v) is 1.62. The Morgan fingerprint density at radius 1 is 1.19 bits per heavy atom. The second-order valence-corrected chi connectivity index (χ2v) is 3.85. The Morgan fingerprint density at radius 2 is 1.94 bits per heavy atom. The van der Waals surface area contributed by atoms with Crippen LogP contribution in [0.1, 0.15) is 21.7 Å². The third-order valence-corrected chi connectivity index (χ3v) is 2.51. The lowest BCUT2D eigenvalue weighted by molar-refractivity contribution is 0.0974. The molecule has 0 aliphatic heterocycles. The third kappa shape index (κ3) is 1.84. The highest BCUT2D eigenvalue weighted by Gasteiger charge is 2.10. The standard InChI is InChI=1S/C13H13NO2/c1-8-3-4-9(2)10(7-8)11-5-6-12(16-11)13(14)15/h3-7H,1-2H3,(H2,14,15). The molecule has 0 saturated carbocycles. The van der Waals surface area contributed by atoms with E-state index in [1.807, 2.05) is 32.0 Å². The molecule has 3 heteroatoms. The molecule has 0 unspecified atom stereocenters. The molecule has 16 heavy (non-hydrogen) atoms. The summed E-state index contributed by atoms with van der Waals surface area (Å²) in [5, 5.41) is 0. The van der Waals surface area contributed by atoms with Gasteiger partial charge in [-0.2, -0.15) is 0 Å². The summed E-state index contributed by atoms with van der Waals surface area (Å²) in [6.07, 6.45) is 0. The number of amides is 1. The van der Waals surface area contributed by atoms with E-state index in [0.717, 1.165) is 16.7 Å². The third-order valence-electron chi connectivity index (χ3n) is 2.51. The van der Waals surface area contributed by atoms with Crippen LogP contribution in [0, 0.1) is 13.8 Å². The van der Waals surface area contributed by atoms with Crippen LogP contribution in [0.5, 0.6) is 0 Å². The lowest BCUT2D eigenvalue weighted by Crippen LogP contribution is -2.09. The zero-order valence-electron chi connectivity index (χ0n) is 9.28. The van der Waals surface area contributed by atoms with E-state index in [0.29, 0.717) is 5.76 Å². The largest absolute Gasteiger partial charge is 0.451 e. The maximum atomic E-state index is 10.9. The average Bonchev–Trinajstić information content (AvgIpc) is 2.70. The summed E-state index contributed by atoms with van der Waals surface area (Å²) >= 11 is 0. The van der Waals surface area contributed by atoms with Crippen molar-refractivity contribution in [3.8, 4) is 11.3 Å². The van der Waals surface area contributed by atoms with E-state index in [9.17, 15) is 4.79 Å². The molecule has 2 rings (SSSR count). The molecule has 0 aliphatic rings. The molecular formula is C13H13NO2. The van der Waals surface area contributed by atoms with Gasteiger partial charge in [-0.25, -0.2) is 0 Å². The Hall–Kier alpha value is -2.03. The zero-order chi connectivity index (χ0) is 11.7. The van der Waals surface area contributed by atoms with Gasteiger partial charge in [-0.05, 0) is 37.6 Å². The summed E-state index contributed by atoms with van der Waals surface area (Å²) in [5.41, 5.74) is 8.39. The predicted molar refractivity (Wildman–Crippen MR) is 62.1 cm³/mol. The first-order valence-corrected chi connectivity index (χ1v) is 5.05. The Balaban J connectivity index is 2.50. The first-order chi connectivity index (χ1) is 7.58. The highest BCUT2D eigenvalue weighted by atomic mass is 16.3. The Morgan fingerprint density at radius 3 is 2.56 bits per heavy atom. The number of primary amides is 1. The fraction of sp³-hybridized carbons (Fsp3) is 0.154. The smallest absolute Gasteiger partial charge is 0.284 e. The van der Waals surface area contributed by atoms with Gasteiger partial charge in [0.25, 0.3) is 5.91 Å². The van der Waals surface area contributed by atoms with E-state index >= 15 is 0 Å². The second kappa shape index (κ2) is 3.85. The van der Waals surface area contributed by atoms with Gasteiger partial charge in [-0.3, -0.25) is 4.79 Å². The van der Waals surface area contributed by atoms with Crippen molar-refractivity contribution in [1.29, 1.82) is 0 Å². The highest BCUT2D eigenvalue weighted by molar-refractivity contribution is 5.90. The van der Waals surface area contributed by atoms with E-state index in [1.54, 1.807) is 12.1 Å². The number of rotatable bonds is 2. The quantitative estimate of drug-likeness (QED) is 0.837. The summed E-state index contributed by atoms with van der Waals surface area (Å²) in [6, 6.07) is 9.45. The minimum absolute atomic E-state index is 0.191. The van der Waals surface area contributed by atoms with Crippen molar-refractivity contribution in [1.82, 2.24) is 0 Å². The van der Waals surface area contributed by atoms with Crippen LogP contribution in [0.25, 0.3) is 11.3 Å². The molecule has 0 atom stereocenters. The molecule has 0 aliphatic carbocycles. The summed E-state index contributed by atoms with van der Waals surface area (Å²) in [4.78, 5) is 10.9. The van der Waals surface area contributed by atoms with Gasteiger partial charge in [0.1, 0.15) is 5.76 Å². The minimum Gasteiger partial charge on any atom is -0.451 e. The normalized spacial score (nSPS) is 10.4. The highest BCUT2D eigenvalue weighted by Crippen LogP contribution is 2.26. The lowest BCUT2D eigenvalue weighted by atomic mass is 10.0. The van der Waals surface area contributed by atoms with Crippen LogP contribution in [0.15, 0.2) is 34.7 Å². The van der Waals surface area contributed by atoms with Gasteiger partial charge in [0, 0.05) is 5.56 Å². The van der Waals surface area contributed by atoms with Gasteiger partial charge in [-0.15, -0.1) is 0 Å². The van der Waals surface area contributed by atoms with Gasteiger partial charge < -0.3 is 10.2 Å². The topological polar surface area (TPSA) is 56.2 Å². The van der Waals surface area contributed by atoms with Gasteiger partial charge in [0.15, 0.2) is 5.76 Å². The Labute approximate surface area is 93.9 Å². The van der Waals surface area contributed by atoms with Crippen molar-refractivity contribution < 1.29 is 9.21 Å². The summed E-state index contributed by atoms with van der Waals surface area (Å²) < 4.78 is 5.39. The second-order valence-electron chi connectivity index (χ2n) is 3.85. The van der Waals surface area contributed by atoms with E-state index in [2.05, 4.69) is 0 Å². The number of hydrogen-bond donors (Lipinski definition) is 1. The number of aryl methyl sites for hydroxylation is 2. The Kier molecular flexibility index (Phi) is 2.52. The fourth-order valence-electron chi connectivity index (χ4n) is 1.62. The van der Waals surface area contributed by atoms with E-state index in [4.69, 9.17) is 10.2 Å². The molecule has 1 aromatic carbocycles. The summed E-state index contributed by atoms with van der Waals surface area (Å²) in [7, 11) is 0. The van der Waals surface area contributed by atoms with E-state index < -0.39 is 5.91 Å². The number of carbonyl (C=O) groups is 1. The number of benzene rings is 1. The van der Waals surface area contributed by atoms with Crippen LogP contribution >= 0.6 is 0 Å². The van der Waals surface area contributed by atoms with Crippen molar-refractivity contribution in [2.24, 2.45) is 5.73 Å². The van der Waals surface area contributed by atoms with Crippen LogP contribution in [-0.2, 0) is 0 Å². The van der Waals surface area contributed by atoms with Crippen molar-refractivity contribution in [2.45, 2.75) is 13.8 Å². The van der Waals surface area contributed by atoms with Crippen molar-refractivity contribution in [2.75, 3.05) is 0 Å². The monoisotopic (exact) mass is 215 g/mol. The molecule has 2 N–H and O–H groups in total.